The number of aryl methyl sites for hydroxylation is 1. The van der Waals surface area contributed by atoms with E-state index in [0.29, 0.717) is 11.6 Å². The van der Waals surface area contributed by atoms with E-state index in [9.17, 15) is 0 Å². The number of nitrogens with zero attached hydrogens (tertiary/aromatic N) is 6. The Labute approximate surface area is 243 Å². The highest BCUT2D eigenvalue weighted by Crippen LogP contribution is 2.34. The van der Waals surface area contributed by atoms with Crippen LogP contribution in [-0.4, -0.2) is 64.9 Å². The van der Waals surface area contributed by atoms with E-state index in [-0.39, 0.29) is 6.04 Å². The lowest BCUT2D eigenvalue weighted by molar-refractivity contribution is 0.313. The van der Waals surface area contributed by atoms with Crippen LogP contribution >= 0.6 is 0 Å². The Morgan fingerprint density at radius 2 is 1.80 bits per heavy atom. The molecule has 3 heterocycles. The Hall–Kier alpha value is -4.43. The molecule has 0 saturated carbocycles. The van der Waals surface area contributed by atoms with E-state index in [0.717, 1.165) is 72.2 Å². The van der Waals surface area contributed by atoms with Gasteiger partial charge in [-0.25, -0.2) is 9.97 Å². The van der Waals surface area contributed by atoms with Gasteiger partial charge in [-0.15, -0.1) is 0 Å². The van der Waals surface area contributed by atoms with E-state index in [1.807, 2.05) is 35.5 Å². The molecule has 41 heavy (non-hydrogen) atoms. The normalized spacial score (nSPS) is 15.4. The second-order valence-electron chi connectivity index (χ2n) is 10.8. The average molecular weight is 549 g/mol. The zero-order valence-electron chi connectivity index (χ0n) is 24.6. The number of anilines is 4. The first-order valence-corrected chi connectivity index (χ1v) is 14.2. The first-order chi connectivity index (χ1) is 19.8. The molecule has 3 aromatic rings. The first kappa shape index (κ1) is 28.1. The molecule has 0 bridgehead atoms. The van der Waals surface area contributed by atoms with Gasteiger partial charge in [0.25, 0.3) is 0 Å². The van der Waals surface area contributed by atoms with Crippen molar-refractivity contribution in [3.8, 4) is 0 Å². The van der Waals surface area contributed by atoms with Gasteiger partial charge in [-0.1, -0.05) is 44.9 Å². The number of para-hydroxylation sites is 1. The summed E-state index contributed by atoms with van der Waals surface area (Å²) in [6, 6.07) is 14.8. The van der Waals surface area contributed by atoms with Crippen LogP contribution in [0, 0.1) is 0 Å². The third kappa shape index (κ3) is 5.88. The van der Waals surface area contributed by atoms with Crippen LogP contribution < -0.4 is 15.5 Å². The maximum Gasteiger partial charge on any atom is 0.227 e. The largest absolute Gasteiger partial charge is 0.369 e. The van der Waals surface area contributed by atoms with Gasteiger partial charge in [0, 0.05) is 72.3 Å². The molecule has 0 aliphatic carbocycles. The highest BCUT2D eigenvalue weighted by Gasteiger charge is 2.29. The van der Waals surface area contributed by atoms with Crippen LogP contribution in [0.3, 0.4) is 0 Å². The van der Waals surface area contributed by atoms with Crippen molar-refractivity contribution in [1.29, 1.82) is 0 Å². The van der Waals surface area contributed by atoms with Gasteiger partial charge in [-0.05, 0) is 63.2 Å². The van der Waals surface area contributed by atoms with Crippen molar-refractivity contribution < 1.29 is 0 Å². The van der Waals surface area contributed by atoms with Gasteiger partial charge >= 0.3 is 0 Å². The van der Waals surface area contributed by atoms with Crippen LogP contribution in [0.15, 0.2) is 85.3 Å². The van der Waals surface area contributed by atoms with Crippen molar-refractivity contribution in [2.24, 2.45) is 5.10 Å². The monoisotopic (exact) mass is 548 g/mol. The minimum Gasteiger partial charge on any atom is -0.369 e. The Morgan fingerprint density at radius 1 is 1.05 bits per heavy atom. The van der Waals surface area contributed by atoms with Gasteiger partial charge in [-0.3, -0.25) is 5.01 Å². The van der Waals surface area contributed by atoms with Gasteiger partial charge in [0.1, 0.15) is 11.4 Å². The Balaban J connectivity index is 1.51. The molecule has 1 fully saturated rings. The molecule has 0 atom stereocenters. The number of fused-ring (bicyclic) bond motifs is 1. The van der Waals surface area contributed by atoms with Gasteiger partial charge in [0.15, 0.2) is 0 Å². The Morgan fingerprint density at radius 3 is 2.51 bits per heavy atom. The molecular formula is C33H40N8. The molecule has 0 amide bonds. The molecule has 1 saturated heterocycles. The summed E-state index contributed by atoms with van der Waals surface area (Å²) in [5.41, 5.74) is 9.08. The standard InChI is InChI=1S/C33H40N8/c1-8-23(5)35-30-13-11-10-12-27(30)32-31-28(24(6)41(38-32)22(3)4)21-34-33(37-31)36-29-15-14-26(20-25(29)9-2)40-18-16-39(7)17-19-40/h8,10-15,20-22,35H,1,5-6,9,16-19H2,2-4,7H3,(H,34,36,37). The fraction of sp³-hybridized carbons (Fsp3) is 0.303. The number of likely N-dealkylation sites (N-methyl/N-ethyl adjacent to an activating group) is 1. The summed E-state index contributed by atoms with van der Waals surface area (Å²) in [6.07, 6.45) is 4.44. The lowest BCUT2D eigenvalue weighted by Gasteiger charge is -2.34. The fourth-order valence-electron chi connectivity index (χ4n) is 5.18. The minimum atomic E-state index is 0.109. The summed E-state index contributed by atoms with van der Waals surface area (Å²) in [7, 11) is 2.18. The predicted molar refractivity (Wildman–Crippen MR) is 172 cm³/mol. The van der Waals surface area contributed by atoms with Gasteiger partial charge in [0.2, 0.25) is 5.95 Å². The number of benzene rings is 2. The first-order valence-electron chi connectivity index (χ1n) is 14.2. The van der Waals surface area contributed by atoms with Crippen molar-refractivity contribution in [1.82, 2.24) is 19.9 Å². The maximum atomic E-state index is 5.05. The smallest absolute Gasteiger partial charge is 0.227 e. The summed E-state index contributed by atoms with van der Waals surface area (Å²) in [5.74, 6) is 0.519. The molecule has 2 N–H and O–H groups in total. The third-order valence-corrected chi connectivity index (χ3v) is 7.61. The summed E-state index contributed by atoms with van der Waals surface area (Å²) in [6.45, 7) is 22.8. The van der Waals surface area contributed by atoms with Crippen LogP contribution in [0.25, 0.3) is 5.70 Å². The molecule has 212 valence electrons. The molecule has 2 aliphatic rings. The van der Waals surface area contributed by atoms with Crippen molar-refractivity contribution >= 4 is 34.4 Å². The molecule has 2 aliphatic heterocycles. The number of rotatable bonds is 9. The summed E-state index contributed by atoms with van der Waals surface area (Å²) < 4.78 is 0. The van der Waals surface area contributed by atoms with Gasteiger partial charge in [-0.2, -0.15) is 5.10 Å². The Bertz CT molecular complexity index is 1500. The maximum absolute atomic E-state index is 5.05. The van der Waals surface area contributed by atoms with Crippen molar-refractivity contribution in [2.75, 3.05) is 48.8 Å². The number of hydrogen-bond acceptors (Lipinski definition) is 8. The third-order valence-electron chi connectivity index (χ3n) is 7.61. The summed E-state index contributed by atoms with van der Waals surface area (Å²) >= 11 is 0. The number of piperazine rings is 1. The van der Waals surface area contributed by atoms with Crippen LogP contribution in [-0.2, 0) is 6.42 Å². The number of hydrogen-bond donors (Lipinski definition) is 2. The quantitative estimate of drug-likeness (QED) is 0.314. The summed E-state index contributed by atoms with van der Waals surface area (Å²) in [5, 5.41) is 13.8. The molecule has 5 rings (SSSR count). The minimum absolute atomic E-state index is 0.109. The number of aromatic nitrogens is 2. The van der Waals surface area contributed by atoms with Gasteiger partial charge in [0.05, 0.1) is 5.70 Å². The molecule has 0 spiro atoms. The molecule has 0 unspecified atom stereocenters. The van der Waals surface area contributed by atoms with Crippen LogP contribution in [0.1, 0.15) is 43.2 Å². The topological polar surface area (TPSA) is 71.9 Å². The Kier molecular flexibility index (Phi) is 8.21. The number of nitrogens with one attached hydrogen (secondary N) is 2. The zero-order chi connectivity index (χ0) is 29.1. The van der Waals surface area contributed by atoms with E-state index in [4.69, 9.17) is 15.1 Å². The van der Waals surface area contributed by atoms with E-state index in [1.165, 1.54) is 11.3 Å². The predicted octanol–water partition coefficient (Wildman–Crippen LogP) is 6.09. The van der Waals surface area contributed by atoms with Crippen LogP contribution in [0.2, 0.25) is 0 Å². The van der Waals surface area contributed by atoms with E-state index in [1.54, 1.807) is 6.08 Å². The second-order valence-corrected chi connectivity index (χ2v) is 10.8. The molecule has 0 radical (unpaired) electrons. The van der Waals surface area contributed by atoms with Crippen molar-refractivity contribution in [3.05, 3.63) is 103 Å². The van der Waals surface area contributed by atoms with Crippen molar-refractivity contribution in [2.45, 2.75) is 33.2 Å². The molecule has 1 aromatic heterocycles. The van der Waals surface area contributed by atoms with E-state index >= 15 is 0 Å². The average Bonchev–Trinajstić information content (AvgIpc) is 2.98. The SMILES string of the molecule is C=CC(=C)Nc1ccccc1C1=NN(C(C)C)C(=C)c2cnc(Nc3ccc(N4CCN(C)CC4)cc3CC)nc21. The molecular weight excluding hydrogens is 508 g/mol. The highest BCUT2D eigenvalue weighted by atomic mass is 15.5. The zero-order valence-corrected chi connectivity index (χ0v) is 24.6. The van der Waals surface area contributed by atoms with Gasteiger partial charge < -0.3 is 20.4 Å². The number of allylic oxidation sites excluding steroid dienone is 1. The van der Waals surface area contributed by atoms with Crippen LogP contribution in [0.4, 0.5) is 23.0 Å². The lowest BCUT2D eigenvalue weighted by atomic mass is 9.98. The molecule has 2 aromatic carbocycles. The van der Waals surface area contributed by atoms with E-state index < -0.39 is 0 Å². The lowest BCUT2D eigenvalue weighted by Crippen LogP contribution is -2.44. The van der Waals surface area contributed by atoms with Crippen molar-refractivity contribution in [3.63, 3.8) is 0 Å². The molecule has 8 heteroatoms. The van der Waals surface area contributed by atoms with Crippen LogP contribution in [0.5, 0.6) is 0 Å². The fourth-order valence-corrected chi connectivity index (χ4v) is 5.18. The second kappa shape index (κ2) is 12.0. The highest BCUT2D eigenvalue weighted by molar-refractivity contribution is 6.18. The summed E-state index contributed by atoms with van der Waals surface area (Å²) in [4.78, 5) is 14.6. The van der Waals surface area contributed by atoms with E-state index in [2.05, 4.69) is 86.2 Å². The number of hydrazone groups is 1. The molecule has 8 nitrogen and oxygen atoms in total.